The molecule has 3 rings (SSSR count). The molecule has 2 saturated heterocycles. The van der Waals surface area contributed by atoms with E-state index in [0.717, 1.165) is 51.5 Å². The molecule has 24 heavy (non-hydrogen) atoms. The Labute approximate surface area is 144 Å². The number of aromatic nitrogens is 1. The monoisotopic (exact) mass is 332 g/mol. The van der Waals surface area contributed by atoms with E-state index in [-0.39, 0.29) is 6.09 Å². The second-order valence-electron chi connectivity index (χ2n) is 6.57. The zero-order valence-electron chi connectivity index (χ0n) is 14.6. The fourth-order valence-corrected chi connectivity index (χ4v) is 3.68. The van der Waals surface area contributed by atoms with Gasteiger partial charge in [0.25, 0.3) is 0 Å². The standard InChI is InChI=1S/C18H28N4O2/c1-2-24-18(23)22-12-10-21(11-13-22)17-7-5-9-20(15-17)14-16-6-3-4-8-19-16/h3-4,6,8,17H,2,5,7,9-15H2,1H3/t17-/m1/s1. The van der Waals surface area contributed by atoms with Gasteiger partial charge in [-0.05, 0) is 38.4 Å². The minimum atomic E-state index is -0.169. The Morgan fingerprint density at radius 3 is 2.79 bits per heavy atom. The van der Waals surface area contributed by atoms with E-state index >= 15 is 0 Å². The van der Waals surface area contributed by atoms with Crippen LogP contribution >= 0.6 is 0 Å². The summed E-state index contributed by atoms with van der Waals surface area (Å²) in [4.78, 5) is 23.1. The summed E-state index contributed by atoms with van der Waals surface area (Å²) >= 11 is 0. The van der Waals surface area contributed by atoms with Gasteiger partial charge >= 0.3 is 6.09 Å². The van der Waals surface area contributed by atoms with Crippen LogP contribution in [0.1, 0.15) is 25.5 Å². The number of nitrogens with zero attached hydrogens (tertiary/aromatic N) is 4. The highest BCUT2D eigenvalue weighted by Crippen LogP contribution is 2.19. The van der Waals surface area contributed by atoms with Crippen LogP contribution in [0.3, 0.4) is 0 Å². The van der Waals surface area contributed by atoms with Gasteiger partial charge in [-0.25, -0.2) is 4.79 Å². The number of likely N-dealkylation sites (tertiary alicyclic amines) is 1. The van der Waals surface area contributed by atoms with Gasteiger partial charge in [0, 0.05) is 51.5 Å². The Hall–Kier alpha value is -1.66. The van der Waals surface area contributed by atoms with Gasteiger partial charge in [0.1, 0.15) is 0 Å². The molecule has 1 atom stereocenters. The largest absolute Gasteiger partial charge is 0.450 e. The van der Waals surface area contributed by atoms with Crippen LogP contribution in [0, 0.1) is 0 Å². The van der Waals surface area contributed by atoms with E-state index in [4.69, 9.17) is 4.74 Å². The molecule has 1 aromatic heterocycles. The van der Waals surface area contributed by atoms with Crippen LogP contribution in [0.2, 0.25) is 0 Å². The predicted octanol–water partition coefficient (Wildman–Crippen LogP) is 1.82. The smallest absolute Gasteiger partial charge is 0.409 e. The van der Waals surface area contributed by atoms with Gasteiger partial charge in [-0.2, -0.15) is 0 Å². The summed E-state index contributed by atoms with van der Waals surface area (Å²) in [7, 11) is 0. The second kappa shape index (κ2) is 8.44. The first kappa shape index (κ1) is 17.2. The number of hydrogen-bond donors (Lipinski definition) is 0. The molecule has 0 aliphatic carbocycles. The number of pyridine rings is 1. The molecule has 0 N–H and O–H groups in total. The summed E-state index contributed by atoms with van der Waals surface area (Å²) in [5.41, 5.74) is 1.14. The molecule has 3 heterocycles. The third-order valence-corrected chi connectivity index (χ3v) is 4.95. The molecule has 0 radical (unpaired) electrons. The SMILES string of the molecule is CCOC(=O)N1CCN([C@@H]2CCCN(Cc3ccccn3)C2)CC1. The van der Waals surface area contributed by atoms with Crippen LogP contribution in [0.5, 0.6) is 0 Å². The molecule has 1 amide bonds. The molecule has 0 saturated carbocycles. The second-order valence-corrected chi connectivity index (χ2v) is 6.57. The van der Waals surface area contributed by atoms with E-state index in [0.29, 0.717) is 12.6 Å². The molecule has 2 aliphatic rings. The molecular weight excluding hydrogens is 304 g/mol. The Morgan fingerprint density at radius 2 is 2.08 bits per heavy atom. The van der Waals surface area contributed by atoms with Crippen molar-refractivity contribution in [1.29, 1.82) is 0 Å². The lowest BCUT2D eigenvalue weighted by Gasteiger charge is -2.43. The number of hydrogen-bond acceptors (Lipinski definition) is 5. The lowest BCUT2D eigenvalue weighted by molar-refractivity contribution is 0.0410. The Bertz CT molecular complexity index is 517. The van der Waals surface area contributed by atoms with Gasteiger partial charge in [-0.3, -0.25) is 14.8 Å². The van der Waals surface area contributed by atoms with Gasteiger partial charge in [-0.15, -0.1) is 0 Å². The molecule has 2 aliphatic heterocycles. The van der Waals surface area contributed by atoms with Crippen molar-refractivity contribution in [3.05, 3.63) is 30.1 Å². The van der Waals surface area contributed by atoms with Crippen molar-refractivity contribution in [2.45, 2.75) is 32.4 Å². The number of rotatable bonds is 4. The average molecular weight is 332 g/mol. The van der Waals surface area contributed by atoms with E-state index < -0.39 is 0 Å². The normalized spacial score (nSPS) is 23.2. The molecule has 0 unspecified atom stereocenters. The molecule has 2 fully saturated rings. The maximum absolute atomic E-state index is 11.8. The molecule has 0 bridgehead atoms. The summed E-state index contributed by atoms with van der Waals surface area (Å²) in [6.07, 6.45) is 4.18. The summed E-state index contributed by atoms with van der Waals surface area (Å²) in [5.74, 6) is 0. The first-order chi connectivity index (χ1) is 11.8. The lowest BCUT2D eigenvalue weighted by atomic mass is 10.0. The molecule has 132 valence electrons. The van der Waals surface area contributed by atoms with Gasteiger partial charge in [0.05, 0.1) is 12.3 Å². The average Bonchev–Trinajstić information content (AvgIpc) is 2.63. The van der Waals surface area contributed by atoms with E-state index in [1.807, 2.05) is 24.1 Å². The zero-order valence-corrected chi connectivity index (χ0v) is 14.6. The molecule has 6 nitrogen and oxygen atoms in total. The van der Waals surface area contributed by atoms with Crippen molar-refractivity contribution in [2.75, 3.05) is 45.9 Å². The van der Waals surface area contributed by atoms with Crippen LogP contribution in [-0.2, 0) is 11.3 Å². The maximum atomic E-state index is 11.8. The summed E-state index contributed by atoms with van der Waals surface area (Å²) < 4.78 is 5.10. The first-order valence-electron chi connectivity index (χ1n) is 9.04. The van der Waals surface area contributed by atoms with Crippen LogP contribution < -0.4 is 0 Å². The quantitative estimate of drug-likeness (QED) is 0.842. The molecular formula is C18H28N4O2. The number of carbonyl (C=O) groups is 1. The van der Waals surface area contributed by atoms with Gasteiger partial charge in [-0.1, -0.05) is 6.07 Å². The first-order valence-corrected chi connectivity index (χ1v) is 9.04. The number of piperidine rings is 1. The number of ether oxygens (including phenoxy) is 1. The Kier molecular flexibility index (Phi) is 6.04. The maximum Gasteiger partial charge on any atom is 0.409 e. The van der Waals surface area contributed by atoms with Gasteiger partial charge in [0.2, 0.25) is 0 Å². The summed E-state index contributed by atoms with van der Waals surface area (Å²) in [6, 6.07) is 6.71. The predicted molar refractivity (Wildman–Crippen MR) is 92.7 cm³/mol. The Morgan fingerprint density at radius 1 is 1.25 bits per heavy atom. The molecule has 0 spiro atoms. The van der Waals surface area contributed by atoms with Crippen molar-refractivity contribution in [2.24, 2.45) is 0 Å². The lowest BCUT2D eigenvalue weighted by Crippen LogP contribution is -2.55. The van der Waals surface area contributed by atoms with E-state index in [9.17, 15) is 4.79 Å². The van der Waals surface area contributed by atoms with Crippen LogP contribution in [-0.4, -0.2) is 77.7 Å². The third kappa shape index (κ3) is 4.45. The highest BCUT2D eigenvalue weighted by Gasteiger charge is 2.29. The van der Waals surface area contributed by atoms with Crippen molar-refractivity contribution in [3.63, 3.8) is 0 Å². The Balaban J connectivity index is 1.48. The topological polar surface area (TPSA) is 48.9 Å². The van der Waals surface area contributed by atoms with Gasteiger partial charge in [0.15, 0.2) is 0 Å². The van der Waals surface area contributed by atoms with Gasteiger partial charge < -0.3 is 9.64 Å². The number of piperazine rings is 1. The zero-order chi connectivity index (χ0) is 16.8. The van der Waals surface area contributed by atoms with Crippen LogP contribution in [0.25, 0.3) is 0 Å². The molecule has 1 aromatic rings. The van der Waals surface area contributed by atoms with E-state index in [1.54, 1.807) is 0 Å². The number of amides is 1. The van der Waals surface area contributed by atoms with Crippen LogP contribution in [0.4, 0.5) is 4.79 Å². The van der Waals surface area contributed by atoms with Crippen molar-refractivity contribution < 1.29 is 9.53 Å². The minimum Gasteiger partial charge on any atom is -0.450 e. The van der Waals surface area contributed by atoms with Crippen molar-refractivity contribution in [1.82, 2.24) is 19.7 Å². The van der Waals surface area contributed by atoms with E-state index in [1.165, 1.54) is 12.8 Å². The molecule has 6 heteroatoms. The highest BCUT2D eigenvalue weighted by atomic mass is 16.6. The fourth-order valence-electron chi connectivity index (χ4n) is 3.68. The minimum absolute atomic E-state index is 0.169. The fraction of sp³-hybridized carbons (Fsp3) is 0.667. The molecule has 0 aromatic carbocycles. The number of carbonyl (C=O) groups excluding carboxylic acids is 1. The van der Waals surface area contributed by atoms with Crippen LogP contribution in [0.15, 0.2) is 24.4 Å². The summed E-state index contributed by atoms with van der Waals surface area (Å²) in [6.45, 7) is 8.91. The van der Waals surface area contributed by atoms with Crippen molar-refractivity contribution >= 4 is 6.09 Å². The highest BCUT2D eigenvalue weighted by molar-refractivity contribution is 5.67. The van der Waals surface area contributed by atoms with Crippen molar-refractivity contribution in [3.8, 4) is 0 Å². The summed E-state index contributed by atoms with van der Waals surface area (Å²) in [5, 5.41) is 0. The third-order valence-electron chi connectivity index (χ3n) is 4.95. The van der Waals surface area contributed by atoms with E-state index in [2.05, 4.69) is 26.9 Å².